The number of rotatable bonds is 34. The molecule has 0 saturated carbocycles. The summed E-state index contributed by atoms with van der Waals surface area (Å²) in [5.74, 6) is -4.65. The standard InChI is InChI=1S/C60H76N8O16/c1-37(57(75)67-45(56(61)74)27-29-48(70)80-34-40-20-12-10-13-21-40)64-58(76)38(2)83-55-52(65-39(3)69)60(82-35-41-22-14-11-15-23-41)84-47(54(55)73)36-81-49(71)30-33-62-31-18-8-6-4-5-7-9-19-32-63-59(77)43-26-28-46(68(78)79)50-51(43)66-44-25-17-16-24-42(44)53(50)72/h10-17,20-26,28,37-38,45,47,52,54-55,60,62,73H,4-9,18-19,27,29-36H2,1-3H3,(H2,61,74)(H,63,77)(H,64,76)(H,65,69)(H,66,72)(H,67,75)/t37-,38+,45+,47+,52+,54+,55+,60+/m0/s1. The number of unbranched alkanes of at least 4 members (excludes halogenated alkanes) is 7. The average Bonchev–Trinajstić information content (AvgIpc) is 1.19. The van der Waals surface area contributed by atoms with Crippen molar-refractivity contribution in [2.45, 2.75) is 153 Å². The van der Waals surface area contributed by atoms with E-state index in [9.17, 15) is 53.6 Å². The zero-order chi connectivity index (χ0) is 60.5. The van der Waals surface area contributed by atoms with Gasteiger partial charge in [0, 0.05) is 43.4 Å². The largest absolute Gasteiger partial charge is 0.463 e. The molecule has 0 radical (unpaired) electrons. The van der Waals surface area contributed by atoms with E-state index in [4.69, 9.17) is 29.4 Å². The van der Waals surface area contributed by atoms with Crippen LogP contribution in [-0.2, 0) is 65.7 Å². The van der Waals surface area contributed by atoms with Crippen LogP contribution in [0.3, 0.4) is 0 Å². The van der Waals surface area contributed by atoms with Crippen LogP contribution in [0.5, 0.6) is 0 Å². The first-order valence-electron chi connectivity index (χ1n) is 28.3. The molecule has 1 aromatic heterocycles. The van der Waals surface area contributed by atoms with Crippen LogP contribution in [-0.4, -0.2) is 132 Å². The number of hydrogen-bond acceptors (Lipinski definition) is 17. The van der Waals surface area contributed by atoms with Crippen molar-refractivity contribution in [1.82, 2.24) is 31.6 Å². The number of pyridine rings is 1. The maximum absolute atomic E-state index is 13.6. The van der Waals surface area contributed by atoms with Gasteiger partial charge in [0.25, 0.3) is 11.6 Å². The SMILES string of the molecule is CC(=O)N[C@H]1[C@H](OCc2ccccc2)O[C@H](COC(=O)CCNCCCCCCCCCCNC(=O)c2ccc([N+](=O)[O-])c3c(=O)c4ccccc4[nH]c23)[C@@H](O)[C@@H]1O[C@H](C)C(=O)N[C@@H](C)C(=O)N[C@H](CCC(=O)OCc1ccccc1)C(N)=O. The lowest BCUT2D eigenvalue weighted by atomic mass is 9.96. The predicted octanol–water partition coefficient (Wildman–Crippen LogP) is 4.54. The van der Waals surface area contributed by atoms with Gasteiger partial charge in [-0.2, -0.15) is 0 Å². The number of carbonyl (C=O) groups excluding carboxylic acids is 7. The summed E-state index contributed by atoms with van der Waals surface area (Å²) in [5.41, 5.74) is 6.93. The van der Waals surface area contributed by atoms with Crippen LogP contribution in [0.15, 0.2) is 102 Å². The number of aliphatic hydroxyl groups is 1. The Bertz CT molecular complexity index is 3090. The number of fused-ring (bicyclic) bond motifs is 2. The normalized spacial score (nSPS) is 17.7. The van der Waals surface area contributed by atoms with E-state index >= 15 is 0 Å². The minimum Gasteiger partial charge on any atom is -0.463 e. The van der Waals surface area contributed by atoms with Crippen LogP contribution in [0.25, 0.3) is 21.8 Å². The van der Waals surface area contributed by atoms with Crippen molar-refractivity contribution in [3.63, 3.8) is 0 Å². The Balaban J connectivity index is 0.894. The third kappa shape index (κ3) is 19.8. The summed E-state index contributed by atoms with van der Waals surface area (Å²) >= 11 is 0. The van der Waals surface area contributed by atoms with E-state index in [1.807, 2.05) is 36.4 Å². The molecule has 5 aromatic rings. The molecular formula is C60H76N8O16. The fourth-order valence-corrected chi connectivity index (χ4v) is 9.50. The second-order valence-electron chi connectivity index (χ2n) is 20.6. The molecule has 1 fully saturated rings. The number of aliphatic hydroxyl groups excluding tert-OH is 1. The summed E-state index contributed by atoms with van der Waals surface area (Å²) in [6.45, 7) is 4.96. The van der Waals surface area contributed by atoms with Crippen molar-refractivity contribution in [2.75, 3.05) is 26.2 Å². The molecule has 0 spiro atoms. The molecule has 0 aliphatic carbocycles. The summed E-state index contributed by atoms with van der Waals surface area (Å²) in [6.07, 6.45) is 0.307. The Hall–Kier alpha value is -8.16. The molecule has 2 heterocycles. The number of nitro benzene ring substituents is 1. The second kappa shape index (κ2) is 33.2. The van der Waals surface area contributed by atoms with E-state index < -0.39 is 107 Å². The molecule has 24 heteroatoms. The number of aromatic amines is 1. The molecular weight excluding hydrogens is 1090 g/mol. The average molecular weight is 1170 g/mol. The van der Waals surface area contributed by atoms with Crippen molar-refractivity contribution in [1.29, 1.82) is 0 Å². The maximum Gasteiger partial charge on any atom is 0.307 e. The summed E-state index contributed by atoms with van der Waals surface area (Å²) in [7, 11) is 0. The summed E-state index contributed by atoms with van der Waals surface area (Å²) in [5, 5.41) is 37.4. The lowest BCUT2D eigenvalue weighted by Crippen LogP contribution is -2.66. The number of aromatic nitrogens is 1. The Kier molecular flexibility index (Phi) is 25.7. The molecule has 4 aromatic carbocycles. The highest BCUT2D eigenvalue weighted by molar-refractivity contribution is 6.10. The molecule has 8 atom stereocenters. The van der Waals surface area contributed by atoms with E-state index in [2.05, 4.69) is 31.6 Å². The number of para-hydroxylation sites is 1. The molecule has 1 aliphatic rings. The van der Waals surface area contributed by atoms with Gasteiger partial charge in [0.1, 0.15) is 61.1 Å². The molecule has 6 rings (SSSR count). The topological polar surface area (TPSA) is 348 Å². The number of primary amides is 1. The van der Waals surface area contributed by atoms with Crippen LogP contribution < -0.4 is 37.7 Å². The van der Waals surface area contributed by atoms with Crippen LogP contribution >= 0.6 is 0 Å². The van der Waals surface area contributed by atoms with Gasteiger partial charge >= 0.3 is 11.9 Å². The number of nitrogens with one attached hydrogen (secondary N) is 6. The molecule has 1 saturated heterocycles. The Morgan fingerprint density at radius 3 is 2.02 bits per heavy atom. The van der Waals surface area contributed by atoms with Crippen LogP contribution in [0.4, 0.5) is 5.69 Å². The zero-order valence-electron chi connectivity index (χ0n) is 47.5. The van der Waals surface area contributed by atoms with E-state index in [-0.39, 0.29) is 54.6 Å². The quantitative estimate of drug-likeness (QED) is 0.00921. The number of nitrogens with zero attached hydrogens (tertiary/aromatic N) is 1. The molecule has 452 valence electrons. The van der Waals surface area contributed by atoms with Gasteiger partial charge in [0.15, 0.2) is 6.29 Å². The predicted molar refractivity (Wildman–Crippen MR) is 308 cm³/mol. The maximum atomic E-state index is 13.6. The van der Waals surface area contributed by atoms with Crippen molar-refractivity contribution >= 4 is 69.0 Å². The lowest BCUT2D eigenvalue weighted by Gasteiger charge is -2.45. The number of hydrogen-bond donors (Lipinski definition) is 8. The molecule has 84 heavy (non-hydrogen) atoms. The monoisotopic (exact) mass is 1160 g/mol. The van der Waals surface area contributed by atoms with E-state index in [0.717, 1.165) is 62.5 Å². The first kappa shape index (κ1) is 65.0. The molecule has 24 nitrogen and oxygen atoms in total. The van der Waals surface area contributed by atoms with E-state index in [1.165, 1.54) is 32.9 Å². The second-order valence-corrected chi connectivity index (χ2v) is 20.6. The molecule has 0 bridgehead atoms. The van der Waals surface area contributed by atoms with Gasteiger partial charge in [-0.25, -0.2) is 0 Å². The highest BCUT2D eigenvalue weighted by Crippen LogP contribution is 2.29. The van der Waals surface area contributed by atoms with Gasteiger partial charge in [0.05, 0.1) is 29.0 Å². The zero-order valence-corrected chi connectivity index (χ0v) is 47.5. The van der Waals surface area contributed by atoms with Crippen LogP contribution in [0.2, 0.25) is 0 Å². The van der Waals surface area contributed by atoms with Gasteiger partial charge in [0.2, 0.25) is 29.1 Å². The number of H-pyrrole nitrogens is 1. The van der Waals surface area contributed by atoms with Gasteiger partial charge in [-0.3, -0.25) is 48.5 Å². The number of benzene rings is 4. The Labute approximate surface area is 485 Å². The smallest absolute Gasteiger partial charge is 0.307 e. The fourth-order valence-electron chi connectivity index (χ4n) is 9.50. The molecule has 1 aliphatic heterocycles. The van der Waals surface area contributed by atoms with Crippen LogP contribution in [0.1, 0.15) is 113 Å². The first-order chi connectivity index (χ1) is 40.4. The van der Waals surface area contributed by atoms with Crippen molar-refractivity contribution in [2.24, 2.45) is 5.73 Å². The number of esters is 2. The van der Waals surface area contributed by atoms with Gasteiger partial charge in [-0.05, 0) is 69.0 Å². The summed E-state index contributed by atoms with van der Waals surface area (Å²) < 4.78 is 29.2. The third-order valence-corrected chi connectivity index (χ3v) is 14.1. The number of ether oxygens (including phenoxy) is 5. The number of carbonyl (C=O) groups is 7. The molecule has 5 amide bonds. The number of amides is 5. The lowest BCUT2D eigenvalue weighted by molar-refractivity contribution is -0.383. The van der Waals surface area contributed by atoms with Crippen molar-refractivity contribution < 1.29 is 67.3 Å². The summed E-state index contributed by atoms with van der Waals surface area (Å²) in [4.78, 5) is 118. The minimum atomic E-state index is -1.59. The van der Waals surface area contributed by atoms with Crippen LogP contribution in [0, 0.1) is 10.1 Å². The Morgan fingerprint density at radius 2 is 1.37 bits per heavy atom. The number of nitro groups is 1. The van der Waals surface area contributed by atoms with Gasteiger partial charge in [-0.1, -0.05) is 111 Å². The fraction of sp³-hybridized carbons (Fsp3) is 0.467. The number of non-ortho nitro benzene ring substituents is 1. The minimum absolute atomic E-state index is 0.00827. The third-order valence-electron chi connectivity index (χ3n) is 14.1. The highest BCUT2D eigenvalue weighted by atomic mass is 16.7. The summed E-state index contributed by atoms with van der Waals surface area (Å²) in [6, 6.07) is 23.6. The van der Waals surface area contributed by atoms with Gasteiger partial charge in [-0.15, -0.1) is 0 Å². The van der Waals surface area contributed by atoms with E-state index in [0.29, 0.717) is 30.5 Å². The molecule has 0 unspecified atom stereocenters. The first-order valence-corrected chi connectivity index (χ1v) is 28.3. The van der Waals surface area contributed by atoms with Gasteiger partial charge < -0.3 is 66.1 Å². The van der Waals surface area contributed by atoms with Crippen molar-refractivity contribution in [3.05, 3.63) is 134 Å². The van der Waals surface area contributed by atoms with Crippen molar-refractivity contribution in [3.8, 4) is 0 Å². The Morgan fingerprint density at radius 1 is 0.750 bits per heavy atom. The highest BCUT2D eigenvalue weighted by Gasteiger charge is 2.49. The van der Waals surface area contributed by atoms with E-state index in [1.54, 1.807) is 48.5 Å². The number of nitrogens with two attached hydrogens (primary N) is 1. The molecule has 9 N–H and O–H groups in total.